The van der Waals surface area contributed by atoms with Gasteiger partial charge >= 0.3 is 0 Å². The summed E-state index contributed by atoms with van der Waals surface area (Å²) in [4.78, 5) is 2.32. The molecule has 154 valence electrons. The lowest BCUT2D eigenvalue weighted by atomic mass is 9.45. The first-order chi connectivity index (χ1) is 14.1. The van der Waals surface area contributed by atoms with Crippen molar-refractivity contribution in [1.82, 2.24) is 5.32 Å². The second-order valence-electron chi connectivity index (χ2n) is 7.56. The molecule has 1 fully saturated rings. The van der Waals surface area contributed by atoms with Crippen molar-refractivity contribution >= 4 is 30.0 Å². The van der Waals surface area contributed by atoms with Gasteiger partial charge in [0.05, 0.1) is 0 Å². The lowest BCUT2D eigenvalue weighted by Crippen LogP contribution is -2.36. The number of benzene rings is 1. The Morgan fingerprint density at radius 1 is 1.31 bits per heavy atom. The minimum atomic E-state index is 0.165. The Balaban J connectivity index is 2.15. The van der Waals surface area contributed by atoms with Gasteiger partial charge in [0, 0.05) is 73.6 Å². The summed E-state index contributed by atoms with van der Waals surface area (Å²) in [6.45, 7) is 6.21. The fraction of sp³-hybridized carbons (Fsp3) is 0.500. The van der Waals surface area contributed by atoms with Crippen LogP contribution in [0, 0.1) is 22.0 Å². The molecule has 4 N–H and O–H groups in total. The number of hydrogen-bond acceptors (Lipinski definition) is 6. The number of anilines is 2. The smallest absolute Gasteiger partial charge is 0.271 e. The fourth-order valence-corrected chi connectivity index (χ4v) is 3.67. The first-order valence-electron chi connectivity index (χ1n) is 10.6. The third kappa shape index (κ3) is 6.12. The van der Waals surface area contributed by atoms with Crippen LogP contribution in [0.4, 0.5) is 11.4 Å². The van der Waals surface area contributed by atoms with Crippen LogP contribution in [0.3, 0.4) is 0 Å². The summed E-state index contributed by atoms with van der Waals surface area (Å²) in [7, 11) is 1.89. The highest BCUT2D eigenvalue weighted by Gasteiger charge is 2.23. The summed E-state index contributed by atoms with van der Waals surface area (Å²) in [6, 6.07) is 6.67. The van der Waals surface area contributed by atoms with Crippen LogP contribution < -0.4 is 15.5 Å². The molecule has 0 amide bonds. The quantitative estimate of drug-likeness (QED) is 0.358. The lowest BCUT2D eigenvalue weighted by molar-refractivity contribution is 0.551. The van der Waals surface area contributed by atoms with E-state index >= 15 is 0 Å². The van der Waals surface area contributed by atoms with E-state index in [1.165, 1.54) is 6.21 Å². The molecule has 1 heterocycles. The largest absolute Gasteiger partial charge is 0.388 e. The van der Waals surface area contributed by atoms with E-state index in [-0.39, 0.29) is 6.71 Å². The van der Waals surface area contributed by atoms with Gasteiger partial charge in [-0.2, -0.15) is 0 Å². The van der Waals surface area contributed by atoms with Crippen LogP contribution >= 0.6 is 0 Å². The number of nitrogens with zero attached hydrogens (tertiary/aromatic N) is 2. The normalized spacial score (nSPS) is 14.5. The maximum absolute atomic E-state index is 9.12. The van der Waals surface area contributed by atoms with Crippen LogP contribution in [0.2, 0.25) is 12.6 Å². The molecule has 2 rings (SSSR count). The van der Waals surface area contributed by atoms with Crippen molar-refractivity contribution in [3.63, 3.8) is 0 Å². The lowest BCUT2D eigenvalue weighted by Gasteiger charge is -2.30. The summed E-state index contributed by atoms with van der Waals surface area (Å²) in [5.41, 5.74) is 4.23. The van der Waals surface area contributed by atoms with Gasteiger partial charge in [0.15, 0.2) is 0 Å². The van der Waals surface area contributed by atoms with E-state index in [9.17, 15) is 0 Å². The Kier molecular flexibility index (Phi) is 8.79. The summed E-state index contributed by atoms with van der Waals surface area (Å²) >= 11 is 0. The zero-order chi connectivity index (χ0) is 21.2. The minimum absolute atomic E-state index is 0.165. The molecule has 1 aliphatic heterocycles. The van der Waals surface area contributed by atoms with E-state index in [1.54, 1.807) is 0 Å². The zero-order valence-electron chi connectivity index (χ0n) is 17.9. The first kappa shape index (κ1) is 22.5. The molecule has 0 aliphatic carbocycles. The first-order valence-corrected chi connectivity index (χ1v) is 10.6. The molecule has 0 spiro atoms. The van der Waals surface area contributed by atoms with E-state index < -0.39 is 0 Å². The molecule has 1 aromatic carbocycles. The molecule has 0 bridgehead atoms. The molecule has 0 atom stereocenters. The maximum Gasteiger partial charge on any atom is 0.271 e. The summed E-state index contributed by atoms with van der Waals surface area (Å²) < 4.78 is 0. The number of hydrogen-bond donors (Lipinski definition) is 4. The average molecular weight is 392 g/mol. The SMILES string of the molecule is CCC(CC)N/C=C(\C=N)C(=N)Cc1cc(N2CCB(C#N)CC2)ccc1NC. The maximum atomic E-state index is 9.12. The van der Waals surface area contributed by atoms with Crippen molar-refractivity contribution in [2.45, 2.75) is 51.8 Å². The second kappa shape index (κ2) is 11.3. The van der Waals surface area contributed by atoms with Crippen LogP contribution in [0.1, 0.15) is 32.3 Å². The van der Waals surface area contributed by atoms with Gasteiger partial charge in [0.2, 0.25) is 0 Å². The Hall–Kier alpha value is -2.75. The van der Waals surface area contributed by atoms with Crippen molar-refractivity contribution in [2.75, 3.05) is 30.4 Å². The summed E-state index contributed by atoms with van der Waals surface area (Å²) in [5, 5.41) is 31.9. The van der Waals surface area contributed by atoms with Crippen molar-refractivity contribution in [3.05, 3.63) is 35.5 Å². The Morgan fingerprint density at radius 2 is 2.00 bits per heavy atom. The van der Waals surface area contributed by atoms with Gasteiger partial charge < -0.3 is 26.4 Å². The Labute approximate surface area is 175 Å². The van der Waals surface area contributed by atoms with Gasteiger partial charge in [-0.15, -0.1) is 0 Å². The number of rotatable bonds is 10. The molecule has 1 aromatic rings. The minimum Gasteiger partial charge on any atom is -0.388 e. The van der Waals surface area contributed by atoms with Crippen LogP contribution in [-0.2, 0) is 6.42 Å². The molecule has 1 aliphatic rings. The Morgan fingerprint density at radius 3 is 2.55 bits per heavy atom. The summed E-state index contributed by atoms with van der Waals surface area (Å²) in [5.74, 6) is 2.38. The van der Waals surface area contributed by atoms with E-state index in [1.807, 2.05) is 13.2 Å². The molecule has 0 saturated carbocycles. The number of nitrogens with one attached hydrogen (secondary N) is 4. The third-order valence-corrected chi connectivity index (χ3v) is 5.73. The highest BCUT2D eigenvalue weighted by molar-refractivity contribution is 6.67. The van der Waals surface area contributed by atoms with Crippen LogP contribution in [0.15, 0.2) is 30.0 Å². The van der Waals surface area contributed by atoms with Gasteiger partial charge in [-0.25, -0.2) is 5.26 Å². The molecule has 29 heavy (non-hydrogen) atoms. The highest BCUT2D eigenvalue weighted by Crippen LogP contribution is 2.27. The van der Waals surface area contributed by atoms with Gasteiger partial charge in [0.25, 0.3) is 6.71 Å². The average Bonchev–Trinajstić information content (AvgIpc) is 2.76. The van der Waals surface area contributed by atoms with Gasteiger partial charge in [0.1, 0.15) is 0 Å². The standard InChI is InChI=1S/C22H33BN6/c1-4-19(5-2)28-15-18(14-24)21(26)13-17-12-20(6-7-22(17)27-3)29-10-8-23(16-25)9-11-29/h6-7,12,14-15,19,24,26-28H,4-5,8-11,13H2,1-3H3/b18-15+,24-14?,26-21?. The van der Waals surface area contributed by atoms with Crippen LogP contribution in [0.5, 0.6) is 0 Å². The van der Waals surface area contributed by atoms with Gasteiger partial charge in [-0.1, -0.05) is 13.8 Å². The molecular formula is C22H33BN6. The monoisotopic (exact) mass is 392 g/mol. The molecule has 0 radical (unpaired) electrons. The topological polar surface area (TPSA) is 98.8 Å². The predicted octanol–water partition coefficient (Wildman–Crippen LogP) is 3.98. The molecule has 1 saturated heterocycles. The molecule has 7 heteroatoms. The zero-order valence-corrected chi connectivity index (χ0v) is 17.9. The second-order valence-corrected chi connectivity index (χ2v) is 7.56. The van der Waals surface area contributed by atoms with Crippen molar-refractivity contribution in [2.24, 2.45) is 0 Å². The van der Waals surface area contributed by atoms with Crippen molar-refractivity contribution in [1.29, 1.82) is 16.1 Å². The molecule has 0 aromatic heterocycles. The number of allylic oxidation sites excluding steroid dienone is 1. The number of nitriles is 1. The molecular weight excluding hydrogens is 359 g/mol. The molecule has 0 unspecified atom stereocenters. The van der Waals surface area contributed by atoms with E-state index in [2.05, 4.69) is 53.5 Å². The molecule has 6 nitrogen and oxygen atoms in total. The van der Waals surface area contributed by atoms with Gasteiger partial charge in [-0.3, -0.25) is 0 Å². The highest BCUT2D eigenvalue weighted by atomic mass is 15.1. The summed E-state index contributed by atoms with van der Waals surface area (Å²) in [6.07, 6.45) is 7.36. The van der Waals surface area contributed by atoms with Crippen molar-refractivity contribution in [3.8, 4) is 5.97 Å². The fourth-order valence-electron chi connectivity index (χ4n) is 3.67. The predicted molar refractivity (Wildman–Crippen MR) is 125 cm³/mol. The van der Waals surface area contributed by atoms with E-state index in [0.29, 0.717) is 23.7 Å². The Bertz CT molecular complexity index is 770. The third-order valence-electron chi connectivity index (χ3n) is 5.73. The van der Waals surface area contributed by atoms with Crippen LogP contribution in [-0.4, -0.2) is 44.8 Å². The van der Waals surface area contributed by atoms with E-state index in [0.717, 1.165) is 55.5 Å². The van der Waals surface area contributed by atoms with E-state index in [4.69, 9.17) is 16.1 Å². The van der Waals surface area contributed by atoms with Crippen molar-refractivity contribution < 1.29 is 0 Å². The van der Waals surface area contributed by atoms with Gasteiger partial charge in [-0.05, 0) is 49.2 Å². The van der Waals surface area contributed by atoms with Crippen LogP contribution in [0.25, 0.3) is 0 Å².